The molecule has 3 amide bonds. The predicted molar refractivity (Wildman–Crippen MR) is 114 cm³/mol. The first kappa shape index (κ1) is 22.1. The Morgan fingerprint density at radius 2 is 1.60 bits per heavy atom. The molecular weight excluding hydrogens is 382 g/mol. The highest BCUT2D eigenvalue weighted by Gasteiger charge is 2.43. The van der Waals surface area contributed by atoms with Gasteiger partial charge in [-0.1, -0.05) is 30.3 Å². The van der Waals surface area contributed by atoms with E-state index >= 15 is 0 Å². The van der Waals surface area contributed by atoms with Crippen LogP contribution in [0, 0.1) is 0 Å². The Morgan fingerprint density at radius 3 is 2.23 bits per heavy atom. The van der Waals surface area contributed by atoms with Crippen molar-refractivity contribution in [2.45, 2.75) is 77.1 Å². The number of carbonyl (C=O) groups excluding carboxylic acids is 3. The van der Waals surface area contributed by atoms with Gasteiger partial charge in [-0.2, -0.15) is 0 Å². The number of carbonyl (C=O) groups is 3. The number of nitrogens with one attached hydrogen (secondary N) is 1. The highest BCUT2D eigenvalue weighted by molar-refractivity contribution is 5.92. The third kappa shape index (κ3) is 5.12. The molecule has 0 saturated carbocycles. The Kier molecular flexibility index (Phi) is 6.68. The van der Waals surface area contributed by atoms with Gasteiger partial charge in [0.1, 0.15) is 17.7 Å². The van der Waals surface area contributed by atoms with Gasteiger partial charge >= 0.3 is 6.09 Å². The lowest BCUT2D eigenvalue weighted by Gasteiger charge is -2.32. The van der Waals surface area contributed by atoms with E-state index in [1.54, 1.807) is 4.90 Å². The van der Waals surface area contributed by atoms with Gasteiger partial charge in [-0.15, -0.1) is 0 Å². The lowest BCUT2D eigenvalue weighted by Crippen LogP contribution is -2.53. The highest BCUT2D eigenvalue weighted by Crippen LogP contribution is 2.27. The largest absolute Gasteiger partial charge is 0.444 e. The van der Waals surface area contributed by atoms with Crippen molar-refractivity contribution in [3.63, 3.8) is 0 Å². The zero-order valence-corrected chi connectivity index (χ0v) is 18.4. The second-order valence-electron chi connectivity index (χ2n) is 9.16. The van der Waals surface area contributed by atoms with Gasteiger partial charge in [-0.25, -0.2) is 4.79 Å². The second kappa shape index (κ2) is 9.06. The van der Waals surface area contributed by atoms with Crippen LogP contribution in [-0.2, 0) is 14.3 Å². The van der Waals surface area contributed by atoms with E-state index < -0.39 is 23.8 Å². The average Bonchev–Trinajstić information content (AvgIpc) is 3.36. The number of ether oxygens (including phenoxy) is 1. The van der Waals surface area contributed by atoms with Crippen LogP contribution in [-0.4, -0.2) is 58.5 Å². The molecule has 0 radical (unpaired) electrons. The summed E-state index contributed by atoms with van der Waals surface area (Å²) >= 11 is 0. The molecule has 0 bridgehead atoms. The number of nitrogens with zero attached hydrogens (tertiary/aromatic N) is 2. The molecule has 1 N–H and O–H groups in total. The predicted octanol–water partition coefficient (Wildman–Crippen LogP) is 3.25. The molecule has 2 saturated heterocycles. The summed E-state index contributed by atoms with van der Waals surface area (Å²) in [5.74, 6) is -0.289. The Morgan fingerprint density at radius 1 is 1.00 bits per heavy atom. The number of hydrogen-bond acceptors (Lipinski definition) is 4. The average molecular weight is 416 g/mol. The van der Waals surface area contributed by atoms with Gasteiger partial charge in [-0.3, -0.25) is 14.5 Å². The van der Waals surface area contributed by atoms with Gasteiger partial charge < -0.3 is 15.0 Å². The van der Waals surface area contributed by atoms with Crippen molar-refractivity contribution in [1.82, 2.24) is 15.1 Å². The Hall–Kier alpha value is -2.57. The Bertz CT molecular complexity index is 774. The standard InChI is InChI=1S/C23H33N3O4/c1-16(17-10-6-5-7-11-17)24-20(27)18-12-8-14-25(18)21(28)19-13-9-15-26(19)22(29)30-23(2,3)4/h5-7,10-11,16,18-19H,8-9,12-15H2,1-4H3,(H,24,27)/t16-,18+,19+/m1/s1. The van der Waals surface area contributed by atoms with E-state index in [0.717, 1.165) is 18.4 Å². The highest BCUT2D eigenvalue weighted by atomic mass is 16.6. The normalized spacial score (nSPS) is 22.7. The maximum absolute atomic E-state index is 13.3. The first-order valence-corrected chi connectivity index (χ1v) is 10.8. The maximum Gasteiger partial charge on any atom is 0.410 e. The van der Waals surface area contributed by atoms with Crippen molar-refractivity contribution in [1.29, 1.82) is 0 Å². The lowest BCUT2D eigenvalue weighted by atomic mass is 10.1. The van der Waals surface area contributed by atoms with E-state index in [-0.39, 0.29) is 17.9 Å². The van der Waals surface area contributed by atoms with Crippen LogP contribution in [0.3, 0.4) is 0 Å². The molecule has 30 heavy (non-hydrogen) atoms. The van der Waals surface area contributed by atoms with Crippen LogP contribution in [0.1, 0.15) is 65.0 Å². The van der Waals surface area contributed by atoms with E-state index in [4.69, 9.17) is 4.74 Å². The number of amides is 3. The number of rotatable bonds is 4. The molecule has 1 aromatic carbocycles. The first-order valence-electron chi connectivity index (χ1n) is 10.8. The van der Waals surface area contributed by atoms with Gasteiger partial charge in [-0.05, 0) is 58.9 Å². The smallest absolute Gasteiger partial charge is 0.410 e. The van der Waals surface area contributed by atoms with E-state index in [1.165, 1.54) is 4.90 Å². The molecule has 164 valence electrons. The molecule has 0 aliphatic carbocycles. The monoisotopic (exact) mass is 415 g/mol. The summed E-state index contributed by atoms with van der Waals surface area (Å²) in [6, 6.07) is 8.57. The minimum Gasteiger partial charge on any atom is -0.444 e. The molecule has 7 heteroatoms. The number of hydrogen-bond donors (Lipinski definition) is 1. The third-order valence-corrected chi connectivity index (χ3v) is 5.66. The molecule has 3 rings (SSSR count). The van der Waals surface area contributed by atoms with Gasteiger partial charge in [0.15, 0.2) is 0 Å². The van der Waals surface area contributed by atoms with Crippen molar-refractivity contribution in [2.24, 2.45) is 0 Å². The van der Waals surface area contributed by atoms with Crippen LogP contribution in [0.2, 0.25) is 0 Å². The summed E-state index contributed by atoms with van der Waals surface area (Å²) in [6.07, 6.45) is 2.31. The van der Waals surface area contributed by atoms with Crippen molar-refractivity contribution in [2.75, 3.05) is 13.1 Å². The van der Waals surface area contributed by atoms with Crippen molar-refractivity contribution in [3.8, 4) is 0 Å². The van der Waals surface area contributed by atoms with Crippen molar-refractivity contribution in [3.05, 3.63) is 35.9 Å². The van der Waals surface area contributed by atoms with E-state index in [9.17, 15) is 14.4 Å². The SMILES string of the molecule is C[C@@H](NC(=O)[C@@H]1CCCN1C(=O)[C@@H]1CCCN1C(=O)OC(C)(C)C)c1ccccc1. The van der Waals surface area contributed by atoms with Crippen LogP contribution in [0.25, 0.3) is 0 Å². The first-order chi connectivity index (χ1) is 14.2. The summed E-state index contributed by atoms with van der Waals surface area (Å²) < 4.78 is 5.48. The molecule has 7 nitrogen and oxygen atoms in total. The minimum absolute atomic E-state index is 0.138. The summed E-state index contributed by atoms with van der Waals surface area (Å²) in [5, 5.41) is 3.04. The van der Waals surface area contributed by atoms with Crippen molar-refractivity contribution >= 4 is 17.9 Å². The summed E-state index contributed by atoms with van der Waals surface area (Å²) in [5.41, 5.74) is 0.408. The number of likely N-dealkylation sites (tertiary alicyclic amines) is 2. The summed E-state index contributed by atoms with van der Waals surface area (Å²) in [6.45, 7) is 8.41. The Labute approximate surface area is 178 Å². The molecular formula is C23H33N3O4. The summed E-state index contributed by atoms with van der Waals surface area (Å²) in [4.78, 5) is 42.0. The van der Waals surface area contributed by atoms with E-state index in [1.807, 2.05) is 58.0 Å². The van der Waals surface area contributed by atoms with E-state index in [0.29, 0.717) is 25.9 Å². The fraction of sp³-hybridized carbons (Fsp3) is 0.609. The lowest BCUT2D eigenvalue weighted by molar-refractivity contribution is -0.142. The van der Waals surface area contributed by atoms with Gasteiger partial charge in [0, 0.05) is 13.1 Å². The molecule has 2 fully saturated rings. The molecule has 2 aliphatic heterocycles. The second-order valence-corrected chi connectivity index (χ2v) is 9.16. The van der Waals surface area contributed by atoms with Gasteiger partial charge in [0.05, 0.1) is 6.04 Å². The Balaban J connectivity index is 1.66. The minimum atomic E-state index is -0.614. The van der Waals surface area contributed by atoms with E-state index in [2.05, 4.69) is 5.32 Å². The molecule has 0 unspecified atom stereocenters. The van der Waals surface area contributed by atoms with Crippen LogP contribution < -0.4 is 5.32 Å². The van der Waals surface area contributed by atoms with Crippen molar-refractivity contribution < 1.29 is 19.1 Å². The van der Waals surface area contributed by atoms with Gasteiger partial charge in [0.2, 0.25) is 11.8 Å². The third-order valence-electron chi connectivity index (χ3n) is 5.66. The maximum atomic E-state index is 13.3. The molecule has 2 heterocycles. The van der Waals surface area contributed by atoms with Crippen LogP contribution in [0.15, 0.2) is 30.3 Å². The molecule has 2 aliphatic rings. The van der Waals surface area contributed by atoms with Crippen LogP contribution in [0.5, 0.6) is 0 Å². The zero-order chi connectivity index (χ0) is 21.9. The quantitative estimate of drug-likeness (QED) is 0.819. The summed E-state index contributed by atoms with van der Waals surface area (Å²) in [7, 11) is 0. The molecule has 0 aromatic heterocycles. The molecule has 0 spiro atoms. The van der Waals surface area contributed by atoms with Crippen LogP contribution in [0.4, 0.5) is 4.79 Å². The molecule has 3 atom stereocenters. The van der Waals surface area contributed by atoms with Crippen LogP contribution >= 0.6 is 0 Å². The fourth-order valence-electron chi connectivity index (χ4n) is 4.19. The topological polar surface area (TPSA) is 79.0 Å². The zero-order valence-electron chi connectivity index (χ0n) is 18.4. The number of benzene rings is 1. The fourth-order valence-corrected chi connectivity index (χ4v) is 4.19. The molecule has 1 aromatic rings. The van der Waals surface area contributed by atoms with Gasteiger partial charge in [0.25, 0.3) is 0 Å².